The number of carbonyl (C=O) groups excluding carboxylic acids is 2. The molecule has 0 saturated heterocycles. The van der Waals surface area contributed by atoms with Crippen LogP contribution in [-0.4, -0.2) is 60.0 Å². The molecule has 0 bridgehead atoms. The van der Waals surface area contributed by atoms with Crippen molar-refractivity contribution in [3.63, 3.8) is 0 Å². The van der Waals surface area contributed by atoms with Crippen LogP contribution in [0.25, 0.3) is 11.1 Å². The zero-order valence-corrected chi connectivity index (χ0v) is 24.0. The van der Waals surface area contributed by atoms with E-state index in [1.54, 1.807) is 49.1 Å². The number of carbonyl (C=O) groups is 2. The van der Waals surface area contributed by atoms with E-state index in [4.69, 9.17) is 9.47 Å². The molecule has 41 heavy (non-hydrogen) atoms. The van der Waals surface area contributed by atoms with Crippen molar-refractivity contribution in [2.75, 3.05) is 19.1 Å². The number of aromatic nitrogens is 3. The standard InChI is InChI=1S/C28H29FN4O6S2/c1-38-28(35)24(9-14-41(2,36)37)32-26(34)22-8-3-19(15-23(22)20-4-6-21(29)7-5-20)17-39-25(27-31-11-13-40-27)16-33-12-10-30-18-33/h3-8,10-13,15,18,24-25H,9,14,16-17H2,1-2H3,(H,32,34)/t24-,25?/m0/s1. The van der Waals surface area contributed by atoms with Gasteiger partial charge in [-0.1, -0.05) is 18.2 Å². The number of benzene rings is 2. The number of ether oxygens (including phenoxy) is 2. The summed E-state index contributed by atoms with van der Waals surface area (Å²) in [5.74, 6) is -2.12. The van der Waals surface area contributed by atoms with Crippen LogP contribution in [0, 0.1) is 5.82 Å². The summed E-state index contributed by atoms with van der Waals surface area (Å²) < 4.78 is 50.0. The number of hydrogen-bond acceptors (Lipinski definition) is 9. The smallest absolute Gasteiger partial charge is 0.328 e. The summed E-state index contributed by atoms with van der Waals surface area (Å²) in [6.45, 7) is 0.690. The number of halogens is 1. The number of nitrogens with zero attached hydrogens (tertiary/aromatic N) is 3. The van der Waals surface area contributed by atoms with E-state index in [1.807, 2.05) is 16.1 Å². The molecular weight excluding hydrogens is 571 g/mol. The largest absolute Gasteiger partial charge is 0.467 e. The maximum Gasteiger partial charge on any atom is 0.328 e. The first-order valence-electron chi connectivity index (χ1n) is 12.5. The Labute approximate surface area is 241 Å². The van der Waals surface area contributed by atoms with Crippen molar-refractivity contribution >= 4 is 33.1 Å². The Kier molecular flexibility index (Phi) is 9.97. The van der Waals surface area contributed by atoms with Gasteiger partial charge in [0.1, 0.15) is 32.8 Å². The lowest BCUT2D eigenvalue weighted by Gasteiger charge is -2.19. The number of methoxy groups -OCH3 is 1. The van der Waals surface area contributed by atoms with Crippen molar-refractivity contribution in [2.24, 2.45) is 0 Å². The number of rotatable bonds is 13. The summed E-state index contributed by atoms with van der Waals surface area (Å²) >= 11 is 1.48. The number of thiazole rings is 1. The zero-order chi connectivity index (χ0) is 29.4. The van der Waals surface area contributed by atoms with Crippen molar-refractivity contribution < 1.29 is 31.9 Å². The number of esters is 1. The third-order valence-electron chi connectivity index (χ3n) is 6.17. The normalized spacial score (nSPS) is 13.0. The van der Waals surface area contributed by atoms with Crippen LogP contribution in [0.4, 0.5) is 4.39 Å². The van der Waals surface area contributed by atoms with Crippen molar-refractivity contribution in [2.45, 2.75) is 31.7 Å². The Morgan fingerprint density at radius 3 is 2.56 bits per heavy atom. The van der Waals surface area contributed by atoms with E-state index in [-0.39, 0.29) is 30.4 Å². The van der Waals surface area contributed by atoms with Crippen LogP contribution < -0.4 is 5.32 Å². The molecule has 0 aliphatic carbocycles. The summed E-state index contributed by atoms with van der Waals surface area (Å²) in [5.41, 5.74) is 2.01. The van der Waals surface area contributed by atoms with Gasteiger partial charge in [-0.05, 0) is 47.4 Å². The fourth-order valence-electron chi connectivity index (χ4n) is 4.09. The van der Waals surface area contributed by atoms with Crippen LogP contribution >= 0.6 is 11.3 Å². The third kappa shape index (κ3) is 8.52. The van der Waals surface area contributed by atoms with E-state index in [0.29, 0.717) is 17.7 Å². The Bertz CT molecular complexity index is 1560. The Morgan fingerprint density at radius 1 is 1.15 bits per heavy atom. The first-order valence-corrected chi connectivity index (χ1v) is 15.5. The van der Waals surface area contributed by atoms with E-state index in [2.05, 4.69) is 15.3 Å². The number of hydrogen-bond donors (Lipinski definition) is 1. The first-order chi connectivity index (χ1) is 19.6. The number of imidazole rings is 1. The highest BCUT2D eigenvalue weighted by atomic mass is 32.2. The van der Waals surface area contributed by atoms with Gasteiger partial charge in [-0.25, -0.2) is 27.6 Å². The molecule has 4 rings (SSSR count). The van der Waals surface area contributed by atoms with E-state index in [9.17, 15) is 22.4 Å². The fourth-order valence-corrected chi connectivity index (χ4v) is 5.43. The third-order valence-corrected chi connectivity index (χ3v) is 8.01. The summed E-state index contributed by atoms with van der Waals surface area (Å²) in [6.07, 6.45) is 7.47. The second kappa shape index (κ2) is 13.6. The van der Waals surface area contributed by atoms with Crippen molar-refractivity contribution in [1.29, 1.82) is 0 Å². The number of nitrogens with one attached hydrogen (secondary N) is 1. The van der Waals surface area contributed by atoms with Gasteiger partial charge in [0.25, 0.3) is 5.91 Å². The van der Waals surface area contributed by atoms with Gasteiger partial charge in [0.05, 0.1) is 32.3 Å². The highest BCUT2D eigenvalue weighted by Gasteiger charge is 2.25. The van der Waals surface area contributed by atoms with E-state index in [0.717, 1.165) is 23.9 Å². The van der Waals surface area contributed by atoms with Crippen LogP contribution in [0.15, 0.2) is 72.8 Å². The average Bonchev–Trinajstić information content (AvgIpc) is 3.67. The van der Waals surface area contributed by atoms with Gasteiger partial charge >= 0.3 is 5.97 Å². The highest BCUT2D eigenvalue weighted by Crippen LogP contribution is 2.28. The molecule has 0 fully saturated rings. The van der Waals surface area contributed by atoms with Gasteiger partial charge in [0.2, 0.25) is 0 Å². The summed E-state index contributed by atoms with van der Waals surface area (Å²) in [5, 5.41) is 5.27. The number of sulfone groups is 1. The van der Waals surface area contributed by atoms with Crippen LogP contribution in [0.2, 0.25) is 0 Å². The molecule has 2 aromatic heterocycles. The predicted octanol–water partition coefficient (Wildman–Crippen LogP) is 3.81. The van der Waals surface area contributed by atoms with E-state index >= 15 is 0 Å². The molecule has 0 spiro atoms. The van der Waals surface area contributed by atoms with E-state index < -0.39 is 33.6 Å². The second-order valence-electron chi connectivity index (χ2n) is 9.28. The SMILES string of the molecule is COC(=O)[C@H](CCS(C)(=O)=O)NC(=O)c1ccc(COC(Cn2ccnc2)c2nccs2)cc1-c1ccc(F)cc1. The molecule has 2 heterocycles. The predicted molar refractivity (Wildman–Crippen MR) is 151 cm³/mol. The van der Waals surface area contributed by atoms with Gasteiger partial charge in [-0.2, -0.15) is 0 Å². The molecule has 13 heteroatoms. The van der Waals surface area contributed by atoms with Crippen LogP contribution in [0.5, 0.6) is 0 Å². The topological polar surface area (TPSA) is 129 Å². The highest BCUT2D eigenvalue weighted by molar-refractivity contribution is 7.90. The fraction of sp³-hybridized carbons (Fsp3) is 0.286. The van der Waals surface area contributed by atoms with Gasteiger partial charge in [0, 0.05) is 35.8 Å². The van der Waals surface area contributed by atoms with Crippen LogP contribution in [0.3, 0.4) is 0 Å². The molecule has 1 unspecified atom stereocenters. The minimum Gasteiger partial charge on any atom is -0.467 e. The Balaban J connectivity index is 1.60. The van der Waals surface area contributed by atoms with Crippen LogP contribution in [0.1, 0.15) is 33.5 Å². The minimum absolute atomic E-state index is 0.149. The molecule has 10 nitrogen and oxygen atoms in total. The lowest BCUT2D eigenvalue weighted by Crippen LogP contribution is -2.42. The van der Waals surface area contributed by atoms with Crippen molar-refractivity contribution in [3.05, 3.63) is 94.7 Å². The lowest BCUT2D eigenvalue weighted by molar-refractivity contribution is -0.142. The number of amides is 1. The maximum atomic E-state index is 13.7. The monoisotopic (exact) mass is 600 g/mol. The van der Waals surface area contributed by atoms with Crippen molar-refractivity contribution in [1.82, 2.24) is 19.9 Å². The molecular formula is C28H29FN4O6S2. The van der Waals surface area contributed by atoms with Crippen molar-refractivity contribution in [3.8, 4) is 11.1 Å². The quantitative estimate of drug-likeness (QED) is 0.230. The summed E-state index contributed by atoms with van der Waals surface area (Å²) in [6, 6.07) is 9.57. The van der Waals surface area contributed by atoms with E-state index in [1.165, 1.54) is 23.5 Å². The Hall–Kier alpha value is -3.94. The maximum absolute atomic E-state index is 13.7. The molecule has 2 aromatic carbocycles. The molecule has 0 saturated carbocycles. The average molecular weight is 601 g/mol. The molecule has 1 N–H and O–H groups in total. The summed E-state index contributed by atoms with van der Waals surface area (Å²) in [7, 11) is -2.23. The summed E-state index contributed by atoms with van der Waals surface area (Å²) in [4.78, 5) is 34.2. The molecule has 2 atom stereocenters. The van der Waals surface area contributed by atoms with Gasteiger partial charge < -0.3 is 19.4 Å². The molecule has 0 aliphatic heterocycles. The van der Waals surface area contributed by atoms with Gasteiger partial charge in [-0.15, -0.1) is 11.3 Å². The van der Waals surface area contributed by atoms with Gasteiger partial charge in [-0.3, -0.25) is 4.79 Å². The van der Waals surface area contributed by atoms with Gasteiger partial charge in [0.15, 0.2) is 0 Å². The lowest BCUT2D eigenvalue weighted by atomic mass is 9.96. The molecule has 216 valence electrons. The minimum atomic E-state index is -3.39. The first kappa shape index (κ1) is 30.0. The zero-order valence-electron chi connectivity index (χ0n) is 22.4. The Morgan fingerprint density at radius 2 is 1.93 bits per heavy atom. The molecule has 0 aliphatic rings. The molecule has 0 radical (unpaired) electrons. The molecule has 4 aromatic rings. The second-order valence-corrected chi connectivity index (χ2v) is 12.5. The van der Waals surface area contributed by atoms with Crippen LogP contribution in [-0.2, 0) is 37.3 Å². The molecule has 1 amide bonds.